The predicted octanol–water partition coefficient (Wildman–Crippen LogP) is 2.91. The van der Waals surface area contributed by atoms with Crippen molar-refractivity contribution in [1.82, 2.24) is 4.98 Å². The minimum atomic E-state index is -0.802. The van der Waals surface area contributed by atoms with Gasteiger partial charge in [-0.15, -0.1) is 0 Å². The highest BCUT2D eigenvalue weighted by atomic mass is 35.5. The smallest absolute Gasteiger partial charge is 0.228 e. The van der Waals surface area contributed by atoms with Crippen molar-refractivity contribution in [3.63, 3.8) is 0 Å². The molecular weight excluding hydrogens is 304 g/mol. The number of benzene rings is 2. The van der Waals surface area contributed by atoms with Crippen LogP contribution in [0.5, 0.6) is 0 Å². The highest BCUT2D eigenvalue weighted by Gasteiger charge is 2.11. The first-order chi connectivity index (χ1) is 10.7. The number of nitrogens with zero attached hydrogens (tertiary/aromatic N) is 1. The second kappa shape index (κ2) is 6.36. The normalized spacial score (nSPS) is 12.5. The molecule has 6 heteroatoms. The van der Waals surface area contributed by atoms with Crippen LogP contribution in [0.3, 0.4) is 0 Å². The molecule has 3 N–H and O–H groups in total. The van der Waals surface area contributed by atoms with Gasteiger partial charge in [-0.2, -0.15) is 0 Å². The summed E-state index contributed by atoms with van der Waals surface area (Å²) in [6.45, 7) is -0.0261. The number of hydrogen-bond acceptors (Lipinski definition) is 5. The third-order valence-electron chi connectivity index (χ3n) is 3.25. The van der Waals surface area contributed by atoms with Crippen LogP contribution in [0.4, 0.5) is 5.69 Å². The minimum Gasteiger partial charge on any atom is -0.436 e. The lowest BCUT2D eigenvalue weighted by molar-refractivity contribution is 0.105. The van der Waals surface area contributed by atoms with E-state index in [1.165, 1.54) is 0 Å². The first-order valence-electron chi connectivity index (χ1n) is 6.85. The zero-order chi connectivity index (χ0) is 15.5. The zero-order valence-corrected chi connectivity index (χ0v) is 12.4. The molecule has 0 saturated heterocycles. The van der Waals surface area contributed by atoms with Gasteiger partial charge in [-0.25, -0.2) is 4.98 Å². The first-order valence-corrected chi connectivity index (χ1v) is 7.23. The number of anilines is 1. The van der Waals surface area contributed by atoms with Gasteiger partial charge in [0.05, 0.1) is 23.3 Å². The van der Waals surface area contributed by atoms with Crippen molar-refractivity contribution >= 4 is 28.4 Å². The Balaban J connectivity index is 1.89. The molecule has 1 unspecified atom stereocenters. The van der Waals surface area contributed by atoms with Gasteiger partial charge in [0, 0.05) is 18.3 Å². The number of nitrogens with one attached hydrogen (secondary N) is 1. The molecule has 5 nitrogen and oxygen atoms in total. The highest BCUT2D eigenvalue weighted by molar-refractivity contribution is 6.33. The van der Waals surface area contributed by atoms with Gasteiger partial charge in [0.2, 0.25) is 5.89 Å². The Labute approximate surface area is 132 Å². The number of aliphatic hydroxyl groups excluding tert-OH is 2. The van der Waals surface area contributed by atoms with Gasteiger partial charge in [0.15, 0.2) is 5.58 Å². The Morgan fingerprint density at radius 3 is 2.82 bits per heavy atom. The molecule has 0 amide bonds. The van der Waals surface area contributed by atoms with Crippen molar-refractivity contribution in [3.05, 3.63) is 47.5 Å². The van der Waals surface area contributed by atoms with Crippen LogP contribution in [0.2, 0.25) is 5.02 Å². The Morgan fingerprint density at radius 2 is 2.05 bits per heavy atom. The molecule has 0 saturated carbocycles. The molecule has 0 aliphatic rings. The maximum Gasteiger partial charge on any atom is 0.228 e. The third-order valence-corrected chi connectivity index (χ3v) is 3.57. The molecule has 1 aromatic heterocycles. The number of hydrogen-bond donors (Lipinski definition) is 3. The minimum absolute atomic E-state index is 0.257. The largest absolute Gasteiger partial charge is 0.436 e. The molecule has 22 heavy (non-hydrogen) atoms. The second-order valence-corrected chi connectivity index (χ2v) is 5.31. The van der Waals surface area contributed by atoms with Crippen LogP contribution in [0.15, 0.2) is 46.9 Å². The number of rotatable bonds is 5. The second-order valence-electron chi connectivity index (χ2n) is 4.90. The molecule has 114 valence electrons. The van der Waals surface area contributed by atoms with Crippen molar-refractivity contribution in [2.45, 2.75) is 6.10 Å². The van der Waals surface area contributed by atoms with E-state index >= 15 is 0 Å². The number of aliphatic hydroxyl groups is 2. The molecule has 0 bridgehead atoms. The van der Waals surface area contributed by atoms with Crippen LogP contribution >= 0.6 is 11.6 Å². The van der Waals surface area contributed by atoms with E-state index in [1.807, 2.05) is 30.3 Å². The van der Waals surface area contributed by atoms with E-state index in [0.717, 1.165) is 16.8 Å². The van der Waals surface area contributed by atoms with Crippen LogP contribution in [0.1, 0.15) is 0 Å². The summed E-state index contributed by atoms with van der Waals surface area (Å²) in [5.74, 6) is 0.466. The summed E-state index contributed by atoms with van der Waals surface area (Å²) in [5, 5.41) is 21.8. The van der Waals surface area contributed by atoms with Gasteiger partial charge in [-0.1, -0.05) is 23.7 Å². The molecule has 0 aliphatic carbocycles. The van der Waals surface area contributed by atoms with Crippen LogP contribution in [-0.4, -0.2) is 34.5 Å². The number of aromatic nitrogens is 1. The van der Waals surface area contributed by atoms with Gasteiger partial charge < -0.3 is 19.9 Å². The average molecular weight is 319 g/mol. The van der Waals surface area contributed by atoms with Crippen LogP contribution in [0.25, 0.3) is 22.6 Å². The zero-order valence-electron chi connectivity index (χ0n) is 11.7. The summed E-state index contributed by atoms with van der Waals surface area (Å²) in [6, 6.07) is 12.8. The molecule has 2 aromatic carbocycles. The predicted molar refractivity (Wildman–Crippen MR) is 86.0 cm³/mol. The molecule has 0 aliphatic heterocycles. The first kappa shape index (κ1) is 14.8. The number of fused-ring (bicyclic) bond motifs is 1. The van der Waals surface area contributed by atoms with E-state index in [9.17, 15) is 5.11 Å². The quantitative estimate of drug-likeness (QED) is 0.674. The van der Waals surface area contributed by atoms with Gasteiger partial charge in [-0.3, -0.25) is 0 Å². The van der Waals surface area contributed by atoms with Crippen molar-refractivity contribution in [1.29, 1.82) is 0 Å². The Morgan fingerprint density at radius 1 is 1.23 bits per heavy atom. The van der Waals surface area contributed by atoms with Crippen molar-refractivity contribution in [2.24, 2.45) is 0 Å². The fraction of sp³-hybridized carbons (Fsp3) is 0.188. The molecule has 0 fully saturated rings. The van der Waals surface area contributed by atoms with Crippen molar-refractivity contribution in [2.75, 3.05) is 18.5 Å². The SMILES string of the molecule is OCC(O)CNc1ccc2nc(-c3ccccc3Cl)oc2c1. The molecule has 0 radical (unpaired) electrons. The molecule has 3 rings (SSSR count). The summed E-state index contributed by atoms with van der Waals surface area (Å²) < 4.78 is 5.76. The lowest BCUT2D eigenvalue weighted by Crippen LogP contribution is -2.22. The summed E-state index contributed by atoms with van der Waals surface area (Å²) >= 11 is 6.15. The van der Waals surface area contributed by atoms with Crippen LogP contribution in [0, 0.1) is 0 Å². The van der Waals surface area contributed by atoms with E-state index in [-0.39, 0.29) is 13.2 Å². The standard InChI is InChI=1S/C16H15ClN2O3/c17-13-4-2-1-3-12(13)16-19-14-6-5-10(7-15(14)22-16)18-8-11(21)9-20/h1-7,11,18,20-21H,8-9H2. The summed E-state index contributed by atoms with van der Waals surface area (Å²) in [6.07, 6.45) is -0.802. The Hall–Kier alpha value is -2.08. The summed E-state index contributed by atoms with van der Waals surface area (Å²) in [7, 11) is 0. The Bertz CT molecular complexity index is 788. The topological polar surface area (TPSA) is 78.5 Å². The molecular formula is C16H15ClN2O3. The lowest BCUT2D eigenvalue weighted by atomic mass is 10.2. The van der Waals surface area contributed by atoms with Gasteiger partial charge in [0.1, 0.15) is 5.52 Å². The fourth-order valence-corrected chi connectivity index (χ4v) is 2.30. The van der Waals surface area contributed by atoms with Gasteiger partial charge in [-0.05, 0) is 24.3 Å². The van der Waals surface area contributed by atoms with E-state index in [1.54, 1.807) is 12.1 Å². The van der Waals surface area contributed by atoms with Crippen LogP contribution in [-0.2, 0) is 0 Å². The van der Waals surface area contributed by atoms with Gasteiger partial charge >= 0.3 is 0 Å². The van der Waals surface area contributed by atoms with E-state index in [0.29, 0.717) is 16.5 Å². The van der Waals surface area contributed by atoms with Crippen LogP contribution < -0.4 is 5.32 Å². The van der Waals surface area contributed by atoms with E-state index < -0.39 is 6.10 Å². The number of oxazole rings is 1. The van der Waals surface area contributed by atoms with Gasteiger partial charge in [0.25, 0.3) is 0 Å². The fourth-order valence-electron chi connectivity index (χ4n) is 2.08. The monoisotopic (exact) mass is 318 g/mol. The Kier molecular flexibility index (Phi) is 4.29. The number of halogens is 1. The maximum absolute atomic E-state index is 9.35. The van der Waals surface area contributed by atoms with Crippen molar-refractivity contribution < 1.29 is 14.6 Å². The maximum atomic E-state index is 9.35. The summed E-state index contributed by atoms with van der Waals surface area (Å²) in [4.78, 5) is 4.43. The highest BCUT2D eigenvalue weighted by Crippen LogP contribution is 2.30. The third kappa shape index (κ3) is 3.06. The lowest BCUT2D eigenvalue weighted by Gasteiger charge is -2.09. The molecule has 3 aromatic rings. The van der Waals surface area contributed by atoms with E-state index in [2.05, 4.69) is 10.3 Å². The average Bonchev–Trinajstić information content (AvgIpc) is 2.95. The molecule has 1 atom stereocenters. The van der Waals surface area contributed by atoms with Crippen molar-refractivity contribution in [3.8, 4) is 11.5 Å². The molecule has 1 heterocycles. The van der Waals surface area contributed by atoms with E-state index in [4.69, 9.17) is 21.1 Å². The summed E-state index contributed by atoms with van der Waals surface area (Å²) in [5.41, 5.74) is 2.87. The molecule has 0 spiro atoms.